The molecule has 25 nitrogen and oxygen atoms in total. The van der Waals surface area contributed by atoms with Gasteiger partial charge in [0.05, 0.1) is 56.9 Å². The van der Waals surface area contributed by atoms with Crippen molar-refractivity contribution in [3.05, 3.63) is 327 Å². The van der Waals surface area contributed by atoms with Crippen molar-refractivity contribution in [2.45, 2.75) is 149 Å². The van der Waals surface area contributed by atoms with Crippen LogP contribution in [0.15, 0.2) is 224 Å². The van der Waals surface area contributed by atoms with E-state index in [0.717, 1.165) is 92.8 Å². The standard InChI is InChI=1S/4C21H19N2O.C8H4F3N4.C8H9NO.C5H8NO2.C5H12O4.4Ir/c4*1-13-12-22-19(20(23-13)24-4)14-9-10-16-15-7-5-6-8-17(15)21(2,3)18(16)11-14;9-8(10,11)7-13-6(14-15-7)5-3-1-2-4-12-5;1-9-6-7-4-2-3-5-8(7)10;7-5(8)4-2-1-3-6-4;1-8-4(6)3-5(7)9-2;;;;/h4*5-8,10-12H,1-4H3;1-4H;2-6,10H,1H3;4H,1-3H2,(H,7,8);4-7H,3H2,1-2H3;;;;/q5*-1;;-1;;;;;. The molecule has 748 valence electrons. The Morgan fingerprint density at radius 3 is 1.04 bits per heavy atom. The van der Waals surface area contributed by atoms with Gasteiger partial charge in [0.25, 0.3) is 5.97 Å². The minimum Gasteiger partial charge on any atom is -0.650 e. The number of pyridine rings is 1. The number of aliphatic hydroxyl groups excluding tert-OH is 2. The fraction of sp³-hybridized carbons (Fsp3) is 0.282. The Kier molecular flexibility index (Phi) is 39.8. The fourth-order valence-electron chi connectivity index (χ4n) is 17.1. The van der Waals surface area contributed by atoms with Crippen LogP contribution in [0.1, 0.15) is 153 Å². The van der Waals surface area contributed by atoms with E-state index in [0.29, 0.717) is 23.5 Å². The molecule has 5 aliphatic rings. The number of aromatic hydroxyl groups is 1. The van der Waals surface area contributed by atoms with Crippen molar-refractivity contribution in [3.63, 3.8) is 0 Å². The van der Waals surface area contributed by atoms with Crippen LogP contribution in [0.5, 0.6) is 29.3 Å². The second-order valence-corrected chi connectivity index (χ2v) is 35.0. The Balaban J connectivity index is 0.000000186. The second kappa shape index (κ2) is 49.7. The molecular formula is C110H109F3Ir4N14O11-6. The molecule has 3 unspecified atom stereocenters. The predicted octanol–water partition coefficient (Wildman–Crippen LogP) is 21.1. The Morgan fingerprint density at radius 1 is 0.458 bits per heavy atom. The molecular weight excluding hydrogens is 2520 g/mol. The second-order valence-electron chi connectivity index (χ2n) is 35.0. The number of carboxylic acids is 1. The number of hydrogen-bond donors (Lipinski definition) is 4. The third-order valence-electron chi connectivity index (χ3n) is 24.3. The molecule has 3 atom stereocenters. The summed E-state index contributed by atoms with van der Waals surface area (Å²) in [4.78, 5) is 56.8. The van der Waals surface area contributed by atoms with Crippen LogP contribution < -0.4 is 24.0 Å². The molecule has 4 radical (unpaired) electrons. The SMILES string of the molecule is CN=Cc1ccccc1O.COC(O)CC(O)OC.COc1nc(C)cnc1-c1[c-]cc2c(c1)C(C)(C)c1ccccc1-2.COc1nc(C)cnc1-c1[c-]cc2c(c1)C(C)(C)c1ccccc1-2.COc1nc(C)cnc1-c1[c-]cc2c(c1)C(C)(C)c1ccccc1-2.COc1nc(C)cnc1-c1[c-]cc2c(c1)C(C)(C)c1ccccc1-2.FC(F)(F)c1n[n-]c(-c2ccccn2)n1.O=C(O)C1CCC[N-]1.[Ir].[Ir].[Ir].[Ir]. The molecule has 20 rings (SSSR count). The number of para-hydroxylation sites is 1. The van der Waals surface area contributed by atoms with Crippen molar-refractivity contribution in [1.29, 1.82) is 0 Å². The average Bonchev–Trinajstić information content (AvgIpc) is 1.59. The fourth-order valence-corrected chi connectivity index (χ4v) is 17.1. The summed E-state index contributed by atoms with van der Waals surface area (Å²) in [6.07, 6.45) is 5.41. The van der Waals surface area contributed by atoms with Crippen LogP contribution in [0.2, 0.25) is 0 Å². The van der Waals surface area contributed by atoms with Gasteiger partial charge in [-0.2, -0.15) is 13.2 Å². The van der Waals surface area contributed by atoms with E-state index in [4.69, 9.17) is 39.4 Å². The Hall–Kier alpha value is -12.1. The van der Waals surface area contributed by atoms with Gasteiger partial charge in [0.1, 0.15) is 11.6 Å². The van der Waals surface area contributed by atoms with E-state index in [2.05, 4.69) is 305 Å². The summed E-state index contributed by atoms with van der Waals surface area (Å²) >= 11 is 0. The number of nitrogens with zero attached hydrogens (tertiary/aromatic N) is 14. The van der Waals surface area contributed by atoms with Gasteiger partial charge in [-0.15, -0.1) is 124 Å². The number of aliphatic imine (C=N–C) groups is 1. The van der Waals surface area contributed by atoms with Gasteiger partial charge in [0, 0.05) is 174 Å². The van der Waals surface area contributed by atoms with Crippen molar-refractivity contribution in [2.24, 2.45) is 4.99 Å². The minimum atomic E-state index is -4.57. The van der Waals surface area contributed by atoms with Crippen molar-refractivity contribution in [3.8, 4) is 130 Å². The number of aromatic nitrogens is 12. The first-order chi connectivity index (χ1) is 66.0. The molecule has 0 spiro atoms. The van der Waals surface area contributed by atoms with Crippen LogP contribution in [-0.4, -0.2) is 162 Å². The third kappa shape index (κ3) is 25.6. The molecule has 4 N–H and O–H groups in total. The molecule has 9 aromatic carbocycles. The number of aliphatic hydroxyl groups is 2. The average molecular weight is 2630 g/mol. The summed E-state index contributed by atoms with van der Waals surface area (Å²) in [5.41, 5.74) is 31.6. The number of aryl methyl sites for hydroxylation is 4. The van der Waals surface area contributed by atoms with Crippen LogP contribution in [-0.2, 0) is 123 Å². The first-order valence-electron chi connectivity index (χ1n) is 44.5. The maximum Gasteiger partial charge on any atom is 0.429 e. The molecule has 32 heteroatoms. The van der Waals surface area contributed by atoms with Gasteiger partial charge in [-0.3, -0.25) is 39.8 Å². The number of aliphatic carboxylic acids is 1. The summed E-state index contributed by atoms with van der Waals surface area (Å²) < 4.78 is 67.0. The van der Waals surface area contributed by atoms with Gasteiger partial charge in [0.15, 0.2) is 36.1 Å². The first-order valence-corrected chi connectivity index (χ1v) is 44.5. The summed E-state index contributed by atoms with van der Waals surface area (Å²) in [6, 6.07) is 76.3. The molecule has 1 saturated heterocycles. The number of phenols is 1. The van der Waals surface area contributed by atoms with Crippen LogP contribution in [0.25, 0.3) is 106 Å². The summed E-state index contributed by atoms with van der Waals surface area (Å²) in [5.74, 6) is 0.291. The van der Waals surface area contributed by atoms with Gasteiger partial charge in [-0.25, -0.2) is 19.9 Å². The molecule has 0 saturated carbocycles. The molecule has 6 aromatic heterocycles. The zero-order valence-corrected chi connectivity index (χ0v) is 91.4. The van der Waals surface area contributed by atoms with Crippen LogP contribution in [0.3, 0.4) is 0 Å². The Morgan fingerprint density at radius 2 is 0.775 bits per heavy atom. The molecule has 0 amide bonds. The maximum atomic E-state index is 12.1. The normalized spacial score (nSPS) is 14.2. The van der Waals surface area contributed by atoms with Gasteiger partial charge in [-0.05, 0) is 108 Å². The summed E-state index contributed by atoms with van der Waals surface area (Å²) in [5, 5.41) is 44.9. The van der Waals surface area contributed by atoms with Gasteiger partial charge in [0.2, 0.25) is 0 Å². The summed E-state index contributed by atoms with van der Waals surface area (Å²) in [6.45, 7) is 26.5. The topological polar surface area (TPSA) is 336 Å². The smallest absolute Gasteiger partial charge is 0.429 e. The van der Waals surface area contributed by atoms with E-state index in [9.17, 15) is 18.0 Å². The Bertz CT molecular complexity index is 6250. The summed E-state index contributed by atoms with van der Waals surface area (Å²) in [7, 11) is 10.9. The number of methoxy groups -OCH3 is 6. The number of carboxylic acid groups (broad SMARTS) is 1. The molecule has 4 aliphatic carbocycles. The monoisotopic (exact) mass is 2630 g/mol. The van der Waals surface area contributed by atoms with E-state index < -0.39 is 36.6 Å². The van der Waals surface area contributed by atoms with E-state index >= 15 is 0 Å². The maximum absolute atomic E-state index is 12.1. The number of rotatable bonds is 15. The van der Waals surface area contributed by atoms with Gasteiger partial charge < -0.3 is 64.2 Å². The van der Waals surface area contributed by atoms with Crippen molar-refractivity contribution < 1.29 is 147 Å². The predicted molar refractivity (Wildman–Crippen MR) is 525 cm³/mol. The van der Waals surface area contributed by atoms with Crippen LogP contribution in [0.4, 0.5) is 13.2 Å². The number of halogens is 3. The number of hydrogen-bond acceptors (Lipinski definition) is 22. The van der Waals surface area contributed by atoms with Crippen LogP contribution in [0, 0.1) is 52.0 Å². The molecule has 142 heavy (non-hydrogen) atoms. The van der Waals surface area contributed by atoms with Crippen molar-refractivity contribution in [1.82, 2.24) is 60.0 Å². The number of alkyl halides is 3. The largest absolute Gasteiger partial charge is 0.650 e. The van der Waals surface area contributed by atoms with Crippen molar-refractivity contribution >= 4 is 12.2 Å². The molecule has 7 heterocycles. The Labute approximate surface area is 880 Å². The molecule has 1 fully saturated rings. The van der Waals surface area contributed by atoms with E-state index in [1.165, 1.54) is 115 Å². The van der Waals surface area contributed by atoms with Gasteiger partial charge in [-0.1, -0.05) is 228 Å². The van der Waals surface area contributed by atoms with E-state index in [1.807, 2.05) is 39.8 Å². The number of phenolic OH excluding ortho intramolecular Hbond substituents is 1. The third-order valence-corrected chi connectivity index (χ3v) is 24.3. The van der Waals surface area contributed by atoms with Gasteiger partial charge >= 0.3 is 6.18 Å². The van der Waals surface area contributed by atoms with Crippen molar-refractivity contribution in [2.75, 3.05) is 56.3 Å². The number of fused-ring (bicyclic) bond motifs is 12. The minimum absolute atomic E-state index is 0. The zero-order valence-electron chi connectivity index (χ0n) is 81.8. The first kappa shape index (κ1) is 114. The quantitative estimate of drug-likeness (QED) is 0.0421. The molecule has 1 aliphatic heterocycles. The zero-order chi connectivity index (χ0) is 99.1. The molecule has 0 bridgehead atoms. The van der Waals surface area contributed by atoms with Crippen LogP contribution >= 0.6 is 0 Å². The van der Waals surface area contributed by atoms with E-state index in [-0.39, 0.29) is 126 Å². The number of carbonyl (C=O) groups is 1. The number of benzene rings is 9. The molecule has 15 aromatic rings. The van der Waals surface area contributed by atoms with E-state index in [1.54, 1.807) is 90.8 Å². The number of ether oxygens (including phenoxy) is 6.